The summed E-state index contributed by atoms with van der Waals surface area (Å²) in [6, 6.07) is 5.29. The van der Waals surface area contributed by atoms with E-state index in [2.05, 4.69) is 11.8 Å². The van der Waals surface area contributed by atoms with Crippen LogP contribution in [0.2, 0.25) is 0 Å². The number of aryl methyl sites for hydroxylation is 1. The highest BCUT2D eigenvalue weighted by atomic mass is 32.2. The molecular weight excluding hydrogens is 284 g/mol. The van der Waals surface area contributed by atoms with Gasteiger partial charge in [0.1, 0.15) is 0 Å². The highest BCUT2D eigenvalue weighted by Gasteiger charge is 2.36. The van der Waals surface area contributed by atoms with E-state index >= 15 is 0 Å². The summed E-state index contributed by atoms with van der Waals surface area (Å²) >= 11 is 0. The minimum Gasteiger partial charge on any atom is -0.320 e. The van der Waals surface area contributed by atoms with Crippen molar-refractivity contribution < 1.29 is 8.42 Å². The molecule has 0 saturated heterocycles. The molecule has 1 aliphatic rings. The molecule has 114 valence electrons. The number of hydrogen-bond acceptors (Lipinski definition) is 3. The van der Waals surface area contributed by atoms with Gasteiger partial charge in [-0.3, -0.25) is 0 Å². The lowest BCUT2D eigenvalue weighted by Gasteiger charge is -2.25. The lowest BCUT2D eigenvalue weighted by Crippen LogP contribution is -2.36. The monoisotopic (exact) mass is 306 g/mol. The van der Waals surface area contributed by atoms with Crippen molar-refractivity contribution in [2.24, 2.45) is 11.7 Å². The number of hydrogen-bond donors (Lipinski definition) is 1. The van der Waals surface area contributed by atoms with Crippen molar-refractivity contribution in [1.29, 1.82) is 0 Å². The zero-order chi connectivity index (χ0) is 15.6. The van der Waals surface area contributed by atoms with Gasteiger partial charge in [0.15, 0.2) is 0 Å². The molecule has 1 atom stereocenters. The van der Waals surface area contributed by atoms with Gasteiger partial charge in [-0.05, 0) is 50.3 Å². The normalized spacial score (nSPS) is 16.4. The van der Waals surface area contributed by atoms with Crippen LogP contribution in [-0.2, 0) is 10.0 Å². The van der Waals surface area contributed by atoms with Crippen molar-refractivity contribution in [2.75, 3.05) is 13.6 Å². The largest absolute Gasteiger partial charge is 0.320 e. The maximum atomic E-state index is 12.8. The van der Waals surface area contributed by atoms with Gasteiger partial charge in [-0.15, -0.1) is 0 Å². The number of rotatable bonds is 4. The smallest absolute Gasteiger partial charge is 0.243 e. The second-order valence-electron chi connectivity index (χ2n) is 5.59. The molecule has 2 rings (SSSR count). The predicted molar refractivity (Wildman–Crippen MR) is 84.2 cm³/mol. The Bertz CT molecular complexity index is 682. The lowest BCUT2D eigenvalue weighted by atomic mass is 10.1. The van der Waals surface area contributed by atoms with Crippen LogP contribution in [0.3, 0.4) is 0 Å². The van der Waals surface area contributed by atoms with Gasteiger partial charge in [-0.2, -0.15) is 4.31 Å². The summed E-state index contributed by atoms with van der Waals surface area (Å²) in [6.45, 7) is 4.04. The van der Waals surface area contributed by atoms with Crippen molar-refractivity contribution >= 4 is 10.0 Å². The molecule has 1 aromatic rings. The molecule has 1 unspecified atom stereocenters. The zero-order valence-electron chi connectivity index (χ0n) is 12.8. The van der Waals surface area contributed by atoms with E-state index in [4.69, 9.17) is 5.73 Å². The molecule has 0 spiro atoms. The first-order chi connectivity index (χ1) is 9.87. The van der Waals surface area contributed by atoms with Gasteiger partial charge in [-0.1, -0.05) is 17.9 Å². The van der Waals surface area contributed by atoms with Crippen LogP contribution in [0.5, 0.6) is 0 Å². The molecule has 0 radical (unpaired) electrons. The molecule has 21 heavy (non-hydrogen) atoms. The molecule has 2 N–H and O–H groups in total. The number of nitrogens with zero attached hydrogens (tertiary/aromatic N) is 1. The Kier molecular flexibility index (Phi) is 4.72. The predicted octanol–water partition coefficient (Wildman–Crippen LogP) is 1.72. The van der Waals surface area contributed by atoms with Gasteiger partial charge in [-0.25, -0.2) is 8.42 Å². The summed E-state index contributed by atoms with van der Waals surface area (Å²) in [5.74, 6) is 6.13. The van der Waals surface area contributed by atoms with E-state index in [1.165, 1.54) is 4.31 Å². The molecule has 1 saturated carbocycles. The number of sulfonamides is 1. The summed E-state index contributed by atoms with van der Waals surface area (Å²) in [5.41, 5.74) is 6.78. The van der Waals surface area contributed by atoms with E-state index in [0.717, 1.165) is 18.4 Å². The standard InChI is InChI=1S/C16H22N2O2S/c1-12-6-7-14(5-4-10-17)11-16(12)21(19,20)18(3)13(2)15-8-9-15/h6-7,11,13,15H,8-10,17H2,1-3H3. The molecular formula is C16H22N2O2S. The Labute approximate surface area is 127 Å². The maximum Gasteiger partial charge on any atom is 0.243 e. The second-order valence-corrected chi connectivity index (χ2v) is 7.55. The fourth-order valence-corrected chi connectivity index (χ4v) is 4.03. The molecule has 1 fully saturated rings. The average Bonchev–Trinajstić information content (AvgIpc) is 3.29. The van der Waals surface area contributed by atoms with Crippen LogP contribution in [0.4, 0.5) is 0 Å². The number of nitrogens with two attached hydrogens (primary N) is 1. The zero-order valence-corrected chi connectivity index (χ0v) is 13.6. The fraction of sp³-hybridized carbons (Fsp3) is 0.500. The Morgan fingerprint density at radius 3 is 2.67 bits per heavy atom. The highest BCUT2D eigenvalue weighted by molar-refractivity contribution is 7.89. The van der Waals surface area contributed by atoms with Crippen molar-refractivity contribution in [2.45, 2.75) is 37.6 Å². The highest BCUT2D eigenvalue weighted by Crippen LogP contribution is 2.36. The van der Waals surface area contributed by atoms with Gasteiger partial charge < -0.3 is 5.73 Å². The lowest BCUT2D eigenvalue weighted by molar-refractivity contribution is 0.357. The first kappa shape index (κ1) is 16.0. The summed E-state index contributed by atoms with van der Waals surface area (Å²) in [4.78, 5) is 0.335. The Morgan fingerprint density at radius 1 is 1.43 bits per heavy atom. The van der Waals surface area contributed by atoms with E-state index in [1.54, 1.807) is 19.2 Å². The first-order valence-electron chi connectivity index (χ1n) is 7.15. The van der Waals surface area contributed by atoms with Crippen LogP contribution in [0.25, 0.3) is 0 Å². The van der Waals surface area contributed by atoms with Crippen LogP contribution < -0.4 is 5.73 Å². The summed E-state index contributed by atoms with van der Waals surface area (Å²) < 4.78 is 27.1. The maximum absolute atomic E-state index is 12.8. The van der Waals surface area contributed by atoms with Gasteiger partial charge in [0.05, 0.1) is 11.4 Å². The third kappa shape index (κ3) is 3.46. The third-order valence-corrected chi connectivity index (χ3v) is 6.14. The Balaban J connectivity index is 2.38. The van der Waals surface area contributed by atoms with Crippen LogP contribution in [0, 0.1) is 24.7 Å². The van der Waals surface area contributed by atoms with Gasteiger partial charge in [0.2, 0.25) is 10.0 Å². The Hall–Kier alpha value is -1.35. The van der Waals surface area contributed by atoms with Crippen molar-refractivity contribution in [1.82, 2.24) is 4.31 Å². The SMILES string of the molecule is Cc1ccc(C#CCN)cc1S(=O)(=O)N(C)C(C)C1CC1. The van der Waals surface area contributed by atoms with Gasteiger partial charge in [0.25, 0.3) is 0 Å². The van der Waals surface area contributed by atoms with Crippen molar-refractivity contribution in [3.63, 3.8) is 0 Å². The van der Waals surface area contributed by atoms with Gasteiger partial charge >= 0.3 is 0 Å². The average molecular weight is 306 g/mol. The molecule has 4 nitrogen and oxygen atoms in total. The fourth-order valence-electron chi connectivity index (χ4n) is 2.36. The number of benzene rings is 1. The van der Waals surface area contributed by atoms with Gasteiger partial charge in [0, 0.05) is 18.7 Å². The van der Waals surface area contributed by atoms with E-state index < -0.39 is 10.0 Å². The van der Waals surface area contributed by atoms with E-state index in [9.17, 15) is 8.42 Å². The minimum absolute atomic E-state index is 0.0354. The van der Waals surface area contributed by atoms with Crippen LogP contribution in [0.15, 0.2) is 23.1 Å². The molecule has 0 heterocycles. The van der Waals surface area contributed by atoms with Crippen molar-refractivity contribution in [3.05, 3.63) is 29.3 Å². The van der Waals surface area contributed by atoms with E-state index in [1.807, 2.05) is 19.9 Å². The molecule has 0 aromatic heterocycles. The molecule has 0 amide bonds. The molecule has 0 bridgehead atoms. The minimum atomic E-state index is -3.49. The molecule has 1 aromatic carbocycles. The van der Waals surface area contributed by atoms with Crippen molar-refractivity contribution in [3.8, 4) is 11.8 Å². The third-order valence-electron chi connectivity index (χ3n) is 4.06. The van der Waals surface area contributed by atoms with Crippen LogP contribution >= 0.6 is 0 Å². The van der Waals surface area contributed by atoms with Crippen LogP contribution in [-0.4, -0.2) is 32.4 Å². The summed E-state index contributed by atoms with van der Waals surface area (Å²) in [5, 5.41) is 0. The van der Waals surface area contributed by atoms with E-state index in [0.29, 0.717) is 16.4 Å². The summed E-state index contributed by atoms with van der Waals surface area (Å²) in [6.07, 6.45) is 2.23. The Morgan fingerprint density at radius 2 is 2.10 bits per heavy atom. The van der Waals surface area contributed by atoms with E-state index in [-0.39, 0.29) is 12.6 Å². The topological polar surface area (TPSA) is 63.4 Å². The quantitative estimate of drug-likeness (QED) is 0.862. The molecule has 1 aliphatic carbocycles. The second kappa shape index (κ2) is 6.18. The molecule has 5 heteroatoms. The first-order valence-corrected chi connectivity index (χ1v) is 8.59. The summed E-state index contributed by atoms with van der Waals surface area (Å²) in [7, 11) is -1.82. The van der Waals surface area contributed by atoms with Crippen LogP contribution in [0.1, 0.15) is 30.9 Å². The molecule has 0 aliphatic heterocycles.